The Labute approximate surface area is 67.1 Å². The summed E-state index contributed by atoms with van der Waals surface area (Å²) < 4.78 is 0. The second-order valence-electron chi connectivity index (χ2n) is 2.64. The van der Waals surface area contributed by atoms with Gasteiger partial charge in [-0.15, -0.1) is 0 Å². The highest BCUT2D eigenvalue weighted by molar-refractivity contribution is 4.62. The highest BCUT2D eigenvalue weighted by Gasteiger charge is 2.15. The van der Waals surface area contributed by atoms with Gasteiger partial charge in [0, 0.05) is 17.9 Å². The lowest BCUT2D eigenvalue weighted by atomic mass is 10.2. The SMILES string of the molecule is CCC(CC)NC(C)[N+](=O)[O-]. The van der Waals surface area contributed by atoms with Gasteiger partial charge in [0.15, 0.2) is 0 Å². The van der Waals surface area contributed by atoms with E-state index in [4.69, 9.17) is 0 Å². The van der Waals surface area contributed by atoms with Gasteiger partial charge < -0.3 is 0 Å². The van der Waals surface area contributed by atoms with E-state index in [0.717, 1.165) is 12.8 Å². The molecule has 0 fully saturated rings. The molecule has 4 nitrogen and oxygen atoms in total. The Bertz CT molecular complexity index is 124. The third-order valence-corrected chi connectivity index (χ3v) is 1.78. The van der Waals surface area contributed by atoms with Crippen molar-refractivity contribution in [3.05, 3.63) is 10.1 Å². The third kappa shape index (κ3) is 3.93. The summed E-state index contributed by atoms with van der Waals surface area (Å²) >= 11 is 0. The number of nitrogens with one attached hydrogen (secondary N) is 1. The first-order chi connectivity index (χ1) is 5.11. The molecule has 0 radical (unpaired) electrons. The maximum absolute atomic E-state index is 10.2. The number of nitro groups is 1. The summed E-state index contributed by atoms with van der Waals surface area (Å²) in [7, 11) is 0. The summed E-state index contributed by atoms with van der Waals surface area (Å²) in [6.07, 6.45) is 1.25. The largest absolute Gasteiger partial charge is 0.263 e. The molecule has 0 aromatic rings. The Kier molecular flexibility index (Phi) is 4.77. The topological polar surface area (TPSA) is 55.2 Å². The van der Waals surface area contributed by atoms with Gasteiger partial charge in [-0.05, 0) is 12.8 Å². The van der Waals surface area contributed by atoms with E-state index in [1.165, 1.54) is 0 Å². The van der Waals surface area contributed by atoms with Crippen molar-refractivity contribution < 1.29 is 4.92 Å². The number of hydrogen-bond donors (Lipinski definition) is 1. The van der Waals surface area contributed by atoms with Gasteiger partial charge in [0.1, 0.15) is 0 Å². The zero-order valence-electron chi connectivity index (χ0n) is 7.33. The molecule has 1 atom stereocenters. The van der Waals surface area contributed by atoms with Gasteiger partial charge in [-0.25, -0.2) is 0 Å². The lowest BCUT2D eigenvalue weighted by Gasteiger charge is -2.14. The minimum atomic E-state index is -0.625. The molecular weight excluding hydrogens is 144 g/mol. The minimum absolute atomic E-state index is 0.274. The minimum Gasteiger partial charge on any atom is -0.263 e. The molecule has 0 amide bonds. The molecule has 1 unspecified atom stereocenters. The highest BCUT2D eigenvalue weighted by atomic mass is 16.6. The summed E-state index contributed by atoms with van der Waals surface area (Å²) in [5.74, 6) is 0. The number of hydrogen-bond acceptors (Lipinski definition) is 3. The lowest BCUT2D eigenvalue weighted by molar-refractivity contribution is -0.525. The molecule has 0 aromatic heterocycles. The molecule has 0 rings (SSSR count). The van der Waals surface area contributed by atoms with Gasteiger partial charge in [-0.2, -0.15) is 0 Å². The molecule has 0 aromatic carbocycles. The van der Waals surface area contributed by atoms with Crippen LogP contribution in [0.15, 0.2) is 0 Å². The normalized spacial score (nSPS) is 13.5. The zero-order valence-corrected chi connectivity index (χ0v) is 7.33. The Hall–Kier alpha value is -0.640. The third-order valence-electron chi connectivity index (χ3n) is 1.78. The molecule has 1 N–H and O–H groups in total. The first kappa shape index (κ1) is 10.4. The van der Waals surface area contributed by atoms with Gasteiger partial charge >= 0.3 is 0 Å². The number of rotatable bonds is 5. The van der Waals surface area contributed by atoms with Crippen molar-refractivity contribution in [2.24, 2.45) is 0 Å². The lowest BCUT2D eigenvalue weighted by Crippen LogP contribution is -2.40. The molecular formula is C7H16N2O2. The van der Waals surface area contributed by atoms with Crippen molar-refractivity contribution >= 4 is 0 Å². The van der Waals surface area contributed by atoms with Crippen LogP contribution in [0.2, 0.25) is 0 Å². The van der Waals surface area contributed by atoms with Gasteiger partial charge in [0.25, 0.3) is 6.17 Å². The van der Waals surface area contributed by atoms with Gasteiger partial charge in [0.2, 0.25) is 0 Å². The summed E-state index contributed by atoms with van der Waals surface area (Å²) in [4.78, 5) is 9.90. The molecule has 0 bridgehead atoms. The van der Waals surface area contributed by atoms with E-state index < -0.39 is 6.17 Å². The average Bonchev–Trinajstić information content (AvgIpc) is 1.99. The van der Waals surface area contributed by atoms with Gasteiger partial charge in [-0.3, -0.25) is 15.4 Å². The Morgan fingerprint density at radius 1 is 1.45 bits per heavy atom. The van der Waals surface area contributed by atoms with Crippen LogP contribution in [0.4, 0.5) is 0 Å². The monoisotopic (exact) mass is 160 g/mol. The van der Waals surface area contributed by atoms with E-state index in [0.29, 0.717) is 0 Å². The van der Waals surface area contributed by atoms with Crippen LogP contribution in [0.25, 0.3) is 0 Å². The van der Waals surface area contributed by atoms with Gasteiger partial charge in [-0.1, -0.05) is 13.8 Å². The van der Waals surface area contributed by atoms with Crippen molar-refractivity contribution in [3.63, 3.8) is 0 Å². The first-order valence-corrected chi connectivity index (χ1v) is 4.01. The molecule has 4 heteroatoms. The fraction of sp³-hybridized carbons (Fsp3) is 1.00. The van der Waals surface area contributed by atoms with Crippen molar-refractivity contribution in [1.29, 1.82) is 0 Å². The van der Waals surface area contributed by atoms with Crippen LogP contribution in [0.5, 0.6) is 0 Å². The van der Waals surface area contributed by atoms with Crippen LogP contribution in [-0.4, -0.2) is 17.1 Å². The summed E-state index contributed by atoms with van der Waals surface area (Å²) in [5.41, 5.74) is 0. The van der Waals surface area contributed by atoms with Crippen molar-refractivity contribution in [2.45, 2.75) is 45.8 Å². The van der Waals surface area contributed by atoms with Crippen LogP contribution in [0, 0.1) is 10.1 Å². The second kappa shape index (κ2) is 5.07. The van der Waals surface area contributed by atoms with Crippen molar-refractivity contribution in [3.8, 4) is 0 Å². The standard InChI is InChI=1S/C7H16N2O2/c1-4-7(5-2)8-6(3)9(10)11/h6-8H,4-5H2,1-3H3. The van der Waals surface area contributed by atoms with Crippen LogP contribution >= 0.6 is 0 Å². The molecule has 0 aliphatic rings. The smallest absolute Gasteiger partial charge is 0.263 e. The fourth-order valence-electron chi connectivity index (χ4n) is 0.926. The van der Waals surface area contributed by atoms with Crippen LogP contribution in [0.3, 0.4) is 0 Å². The summed E-state index contributed by atoms with van der Waals surface area (Å²) in [6.45, 7) is 5.61. The van der Waals surface area contributed by atoms with Crippen molar-refractivity contribution in [2.75, 3.05) is 0 Å². The molecule has 0 heterocycles. The maximum atomic E-state index is 10.2. The molecule has 0 saturated heterocycles. The zero-order chi connectivity index (χ0) is 8.85. The Morgan fingerprint density at radius 3 is 2.18 bits per heavy atom. The second-order valence-corrected chi connectivity index (χ2v) is 2.64. The predicted molar refractivity (Wildman–Crippen MR) is 44.0 cm³/mol. The molecule has 0 spiro atoms. The van der Waals surface area contributed by atoms with E-state index >= 15 is 0 Å². The van der Waals surface area contributed by atoms with E-state index in [9.17, 15) is 10.1 Å². The molecule has 0 aliphatic heterocycles. The quantitative estimate of drug-likeness (QED) is 0.375. The Morgan fingerprint density at radius 2 is 1.91 bits per heavy atom. The summed E-state index contributed by atoms with van der Waals surface area (Å²) in [5, 5.41) is 13.1. The van der Waals surface area contributed by atoms with E-state index in [-0.39, 0.29) is 11.0 Å². The van der Waals surface area contributed by atoms with Crippen LogP contribution in [-0.2, 0) is 0 Å². The Balaban J connectivity index is 3.71. The highest BCUT2D eigenvalue weighted by Crippen LogP contribution is 1.97. The maximum Gasteiger partial charge on any atom is 0.263 e. The molecule has 66 valence electrons. The molecule has 11 heavy (non-hydrogen) atoms. The average molecular weight is 160 g/mol. The van der Waals surface area contributed by atoms with E-state index in [1.807, 2.05) is 13.8 Å². The number of nitrogens with zero attached hydrogens (tertiary/aromatic N) is 1. The fourth-order valence-corrected chi connectivity index (χ4v) is 0.926. The van der Waals surface area contributed by atoms with Crippen LogP contribution < -0.4 is 5.32 Å². The van der Waals surface area contributed by atoms with Gasteiger partial charge in [0.05, 0.1) is 0 Å². The molecule has 0 saturated carbocycles. The molecule has 0 aliphatic carbocycles. The van der Waals surface area contributed by atoms with Crippen molar-refractivity contribution in [1.82, 2.24) is 5.32 Å². The first-order valence-electron chi connectivity index (χ1n) is 4.01. The van der Waals surface area contributed by atoms with E-state index in [2.05, 4.69) is 5.32 Å². The predicted octanol–water partition coefficient (Wildman–Crippen LogP) is 1.39. The van der Waals surface area contributed by atoms with Crippen LogP contribution in [0.1, 0.15) is 33.6 Å². The van der Waals surface area contributed by atoms with E-state index in [1.54, 1.807) is 6.92 Å². The summed E-state index contributed by atoms with van der Waals surface area (Å²) in [6, 6.07) is 0.274.